The van der Waals surface area contributed by atoms with E-state index in [4.69, 9.17) is 4.74 Å². The summed E-state index contributed by atoms with van der Waals surface area (Å²) in [5.41, 5.74) is 2.67. The molecule has 3 rings (SSSR count). The van der Waals surface area contributed by atoms with Gasteiger partial charge in [-0.25, -0.2) is 0 Å². The van der Waals surface area contributed by atoms with E-state index in [2.05, 4.69) is 34.5 Å². The summed E-state index contributed by atoms with van der Waals surface area (Å²) in [4.78, 5) is 2.50. The van der Waals surface area contributed by atoms with E-state index in [0.29, 0.717) is 6.61 Å². The summed E-state index contributed by atoms with van der Waals surface area (Å²) in [7, 11) is 0. The first-order valence-electron chi connectivity index (χ1n) is 6.28. The predicted octanol–water partition coefficient (Wildman–Crippen LogP) is 1.37. The van der Waals surface area contributed by atoms with Gasteiger partial charge in [-0.2, -0.15) is 0 Å². The van der Waals surface area contributed by atoms with Crippen molar-refractivity contribution in [3.8, 4) is 5.75 Å². The SMILES string of the molecule is C1=C(CN2CCNCC2)c2ccccc2OC1. The zero-order chi connectivity index (χ0) is 11.5. The van der Waals surface area contributed by atoms with Gasteiger partial charge >= 0.3 is 0 Å². The monoisotopic (exact) mass is 230 g/mol. The fourth-order valence-electron chi connectivity index (χ4n) is 2.46. The molecule has 1 saturated heterocycles. The molecule has 0 bridgehead atoms. The van der Waals surface area contributed by atoms with Crippen molar-refractivity contribution in [3.05, 3.63) is 35.9 Å². The highest BCUT2D eigenvalue weighted by Gasteiger charge is 2.17. The van der Waals surface area contributed by atoms with Crippen LogP contribution >= 0.6 is 0 Å². The first-order valence-corrected chi connectivity index (χ1v) is 6.28. The fraction of sp³-hybridized carbons (Fsp3) is 0.429. The zero-order valence-corrected chi connectivity index (χ0v) is 9.98. The van der Waals surface area contributed by atoms with E-state index in [1.54, 1.807) is 0 Å². The second-order valence-electron chi connectivity index (χ2n) is 4.56. The number of rotatable bonds is 2. The number of hydrogen-bond acceptors (Lipinski definition) is 3. The summed E-state index contributed by atoms with van der Waals surface area (Å²) < 4.78 is 5.64. The third-order valence-corrected chi connectivity index (χ3v) is 3.41. The van der Waals surface area contributed by atoms with E-state index in [1.807, 2.05) is 6.07 Å². The van der Waals surface area contributed by atoms with Crippen LogP contribution in [0.2, 0.25) is 0 Å². The summed E-state index contributed by atoms with van der Waals surface area (Å²) in [5, 5.41) is 3.39. The molecule has 3 nitrogen and oxygen atoms in total. The standard InChI is InChI=1S/C14H18N2O/c1-2-4-14-13(3-1)12(5-10-17-14)11-16-8-6-15-7-9-16/h1-5,15H,6-11H2. The first-order chi connectivity index (χ1) is 8.43. The van der Waals surface area contributed by atoms with Gasteiger partial charge in [0, 0.05) is 38.3 Å². The number of nitrogens with one attached hydrogen (secondary N) is 1. The van der Waals surface area contributed by atoms with Gasteiger partial charge in [-0.05, 0) is 17.7 Å². The van der Waals surface area contributed by atoms with Crippen molar-refractivity contribution >= 4 is 5.57 Å². The van der Waals surface area contributed by atoms with Crippen LogP contribution in [0.5, 0.6) is 5.75 Å². The van der Waals surface area contributed by atoms with Gasteiger partial charge in [0.05, 0.1) is 0 Å². The zero-order valence-electron chi connectivity index (χ0n) is 9.98. The second kappa shape index (κ2) is 4.90. The van der Waals surface area contributed by atoms with Gasteiger partial charge in [0.15, 0.2) is 0 Å². The smallest absolute Gasteiger partial charge is 0.127 e. The highest BCUT2D eigenvalue weighted by atomic mass is 16.5. The molecule has 2 aliphatic rings. The molecule has 3 heteroatoms. The molecule has 0 amide bonds. The van der Waals surface area contributed by atoms with Crippen LogP contribution in [-0.2, 0) is 0 Å². The normalized spacial score (nSPS) is 20.4. The maximum atomic E-state index is 5.64. The van der Waals surface area contributed by atoms with Gasteiger partial charge in [-0.15, -0.1) is 0 Å². The Bertz CT molecular complexity index is 422. The molecule has 0 atom stereocenters. The first kappa shape index (κ1) is 10.8. The summed E-state index contributed by atoms with van der Waals surface area (Å²) >= 11 is 0. The van der Waals surface area contributed by atoms with Gasteiger partial charge in [-0.3, -0.25) is 4.90 Å². The van der Waals surface area contributed by atoms with Crippen LogP contribution < -0.4 is 10.1 Å². The Hall–Kier alpha value is -1.32. The van der Waals surface area contributed by atoms with Crippen molar-refractivity contribution in [3.63, 3.8) is 0 Å². The van der Waals surface area contributed by atoms with Crippen LogP contribution in [0.25, 0.3) is 5.57 Å². The van der Waals surface area contributed by atoms with Crippen molar-refractivity contribution in [2.24, 2.45) is 0 Å². The van der Waals surface area contributed by atoms with Crippen molar-refractivity contribution < 1.29 is 4.74 Å². The summed E-state index contributed by atoms with van der Waals surface area (Å²) in [5.74, 6) is 1.03. The Morgan fingerprint density at radius 3 is 2.88 bits per heavy atom. The molecule has 1 N–H and O–H groups in total. The van der Waals surface area contributed by atoms with E-state index in [0.717, 1.165) is 38.5 Å². The van der Waals surface area contributed by atoms with Crippen LogP contribution in [0, 0.1) is 0 Å². The highest BCUT2D eigenvalue weighted by molar-refractivity contribution is 5.73. The molecule has 1 aromatic rings. The molecular weight excluding hydrogens is 212 g/mol. The maximum absolute atomic E-state index is 5.64. The van der Waals surface area contributed by atoms with E-state index < -0.39 is 0 Å². The molecule has 2 heterocycles. The lowest BCUT2D eigenvalue weighted by atomic mass is 10.0. The Morgan fingerprint density at radius 1 is 1.18 bits per heavy atom. The average molecular weight is 230 g/mol. The number of hydrogen-bond donors (Lipinski definition) is 1. The second-order valence-corrected chi connectivity index (χ2v) is 4.56. The third-order valence-electron chi connectivity index (χ3n) is 3.41. The van der Waals surface area contributed by atoms with Gasteiger partial charge in [0.2, 0.25) is 0 Å². The lowest BCUT2D eigenvalue weighted by molar-refractivity contribution is 0.266. The van der Waals surface area contributed by atoms with Crippen molar-refractivity contribution in [2.45, 2.75) is 0 Å². The summed E-state index contributed by atoms with van der Waals surface area (Å²) in [6.07, 6.45) is 2.21. The molecule has 0 spiro atoms. The molecule has 1 fully saturated rings. The lowest BCUT2D eigenvalue weighted by Crippen LogP contribution is -2.44. The molecule has 0 aliphatic carbocycles. The Labute approximate surface area is 102 Å². The largest absolute Gasteiger partial charge is 0.489 e. The number of ether oxygens (including phenoxy) is 1. The third kappa shape index (κ3) is 2.35. The number of fused-ring (bicyclic) bond motifs is 1. The fourth-order valence-corrected chi connectivity index (χ4v) is 2.46. The van der Waals surface area contributed by atoms with Crippen LogP contribution in [-0.4, -0.2) is 44.2 Å². The molecule has 0 saturated carbocycles. The molecule has 2 aliphatic heterocycles. The molecule has 17 heavy (non-hydrogen) atoms. The quantitative estimate of drug-likeness (QED) is 0.830. The highest BCUT2D eigenvalue weighted by Crippen LogP contribution is 2.29. The minimum absolute atomic E-state index is 0.707. The van der Waals surface area contributed by atoms with Crippen LogP contribution in [0.3, 0.4) is 0 Å². The van der Waals surface area contributed by atoms with Gasteiger partial charge in [0.1, 0.15) is 12.4 Å². The van der Waals surface area contributed by atoms with Crippen LogP contribution in [0.4, 0.5) is 0 Å². The Balaban J connectivity index is 1.76. The summed E-state index contributed by atoms with van der Waals surface area (Å²) in [6, 6.07) is 8.33. The van der Waals surface area contributed by atoms with Gasteiger partial charge in [-0.1, -0.05) is 18.2 Å². The van der Waals surface area contributed by atoms with Crippen molar-refractivity contribution in [1.82, 2.24) is 10.2 Å². The van der Waals surface area contributed by atoms with E-state index in [1.165, 1.54) is 11.1 Å². The average Bonchev–Trinajstić information content (AvgIpc) is 2.40. The topological polar surface area (TPSA) is 24.5 Å². The van der Waals surface area contributed by atoms with Crippen molar-refractivity contribution in [2.75, 3.05) is 39.3 Å². The van der Waals surface area contributed by atoms with Crippen molar-refractivity contribution in [1.29, 1.82) is 0 Å². The molecule has 0 radical (unpaired) electrons. The molecular formula is C14H18N2O. The Morgan fingerprint density at radius 2 is 2.00 bits per heavy atom. The molecule has 1 aromatic carbocycles. The van der Waals surface area contributed by atoms with E-state index in [-0.39, 0.29) is 0 Å². The summed E-state index contributed by atoms with van der Waals surface area (Å²) in [6.45, 7) is 6.23. The number of para-hydroxylation sites is 1. The number of piperazine rings is 1. The van der Waals surface area contributed by atoms with Gasteiger partial charge in [0.25, 0.3) is 0 Å². The maximum Gasteiger partial charge on any atom is 0.127 e. The predicted molar refractivity (Wildman–Crippen MR) is 69.2 cm³/mol. The van der Waals surface area contributed by atoms with E-state index in [9.17, 15) is 0 Å². The van der Waals surface area contributed by atoms with Crippen LogP contribution in [0.1, 0.15) is 5.56 Å². The number of nitrogens with zero attached hydrogens (tertiary/aromatic N) is 1. The number of benzene rings is 1. The molecule has 90 valence electrons. The van der Waals surface area contributed by atoms with E-state index >= 15 is 0 Å². The van der Waals surface area contributed by atoms with Gasteiger partial charge < -0.3 is 10.1 Å². The minimum Gasteiger partial charge on any atom is -0.489 e. The Kier molecular flexibility index (Phi) is 3.12. The minimum atomic E-state index is 0.707. The van der Waals surface area contributed by atoms with Crippen LogP contribution in [0.15, 0.2) is 30.3 Å². The lowest BCUT2D eigenvalue weighted by Gasteiger charge is -2.29. The molecule has 0 unspecified atom stereocenters. The molecule has 0 aromatic heterocycles.